The van der Waals surface area contributed by atoms with Gasteiger partial charge >= 0.3 is 0 Å². The van der Waals surface area contributed by atoms with E-state index in [0.717, 1.165) is 15.4 Å². The molecule has 1 aromatic carbocycles. The van der Waals surface area contributed by atoms with Gasteiger partial charge in [-0.2, -0.15) is 0 Å². The predicted octanol–water partition coefficient (Wildman–Crippen LogP) is 5.48. The van der Waals surface area contributed by atoms with Crippen molar-refractivity contribution in [3.05, 3.63) is 54.6 Å². The van der Waals surface area contributed by atoms with Crippen molar-refractivity contribution < 1.29 is 0 Å². The van der Waals surface area contributed by atoms with Crippen LogP contribution in [0.15, 0.2) is 28.1 Å². The van der Waals surface area contributed by atoms with Crippen LogP contribution in [0.25, 0.3) is 0 Å². The molecule has 1 unspecified atom stereocenters. The summed E-state index contributed by atoms with van der Waals surface area (Å²) < 4.78 is 0.998. The van der Waals surface area contributed by atoms with Crippen LogP contribution >= 0.6 is 38.9 Å². The maximum Gasteiger partial charge on any atom is 0.0888 e. The third-order valence-corrected chi connectivity index (χ3v) is 5.64. The fourth-order valence-electron chi connectivity index (χ4n) is 2.14. The van der Waals surface area contributed by atoms with Gasteiger partial charge in [0.05, 0.1) is 14.9 Å². The first kappa shape index (κ1) is 15.0. The minimum absolute atomic E-state index is 0.207. The van der Waals surface area contributed by atoms with Crippen LogP contribution in [0.5, 0.6) is 0 Å². The summed E-state index contributed by atoms with van der Waals surface area (Å²) in [6.45, 7) is 7.33. The van der Waals surface area contributed by atoms with Crippen LogP contribution in [0, 0.1) is 13.8 Å². The molecule has 0 amide bonds. The SMILES string of the molecule is CCNC(c1cc(Cl)c(Br)s1)c1cc(C)ccc1C. The number of hydrogen-bond donors (Lipinski definition) is 1. The Morgan fingerprint density at radius 3 is 2.63 bits per heavy atom. The number of hydrogen-bond acceptors (Lipinski definition) is 2. The Balaban J connectivity index is 2.47. The highest BCUT2D eigenvalue weighted by Crippen LogP contribution is 2.38. The highest BCUT2D eigenvalue weighted by atomic mass is 79.9. The molecule has 0 radical (unpaired) electrons. The molecule has 2 rings (SSSR count). The molecule has 0 spiro atoms. The molecule has 1 atom stereocenters. The molecular formula is C15H17BrClNS. The molecule has 0 aliphatic carbocycles. The number of thiophene rings is 1. The first-order valence-electron chi connectivity index (χ1n) is 6.28. The number of aryl methyl sites for hydroxylation is 2. The van der Waals surface area contributed by atoms with Gasteiger partial charge in [-0.1, -0.05) is 42.3 Å². The van der Waals surface area contributed by atoms with Gasteiger partial charge in [-0.25, -0.2) is 0 Å². The van der Waals surface area contributed by atoms with Crippen LogP contribution in [0.3, 0.4) is 0 Å². The summed E-state index contributed by atoms with van der Waals surface area (Å²) in [7, 11) is 0. The highest BCUT2D eigenvalue weighted by molar-refractivity contribution is 9.11. The molecule has 19 heavy (non-hydrogen) atoms. The van der Waals surface area contributed by atoms with E-state index >= 15 is 0 Å². The lowest BCUT2D eigenvalue weighted by molar-refractivity contribution is 0.636. The zero-order valence-corrected chi connectivity index (χ0v) is 14.4. The van der Waals surface area contributed by atoms with Gasteiger partial charge < -0.3 is 5.32 Å². The van der Waals surface area contributed by atoms with Crippen LogP contribution in [-0.4, -0.2) is 6.54 Å². The third kappa shape index (κ3) is 3.40. The number of nitrogens with one attached hydrogen (secondary N) is 1. The summed E-state index contributed by atoms with van der Waals surface area (Å²) in [6, 6.07) is 8.84. The molecule has 1 aromatic heterocycles. The van der Waals surface area contributed by atoms with Crippen molar-refractivity contribution >= 4 is 38.9 Å². The van der Waals surface area contributed by atoms with Gasteiger partial charge in [0.2, 0.25) is 0 Å². The average Bonchev–Trinajstić information content (AvgIpc) is 2.70. The topological polar surface area (TPSA) is 12.0 Å². The molecular weight excluding hydrogens is 342 g/mol. The number of rotatable bonds is 4. The molecule has 4 heteroatoms. The van der Waals surface area contributed by atoms with E-state index in [4.69, 9.17) is 11.6 Å². The summed E-state index contributed by atoms with van der Waals surface area (Å²) in [5.41, 5.74) is 3.91. The molecule has 0 aliphatic rings. The maximum atomic E-state index is 6.17. The second kappa shape index (κ2) is 6.40. The molecule has 1 nitrogen and oxygen atoms in total. The van der Waals surface area contributed by atoms with E-state index in [9.17, 15) is 0 Å². The summed E-state index contributed by atoms with van der Waals surface area (Å²) in [4.78, 5) is 1.24. The lowest BCUT2D eigenvalue weighted by Crippen LogP contribution is -2.22. The highest BCUT2D eigenvalue weighted by Gasteiger charge is 2.18. The lowest BCUT2D eigenvalue weighted by Gasteiger charge is -2.19. The first-order chi connectivity index (χ1) is 9.02. The van der Waals surface area contributed by atoms with Crippen LogP contribution in [-0.2, 0) is 0 Å². The summed E-state index contributed by atoms with van der Waals surface area (Å²) in [6.07, 6.45) is 0. The minimum atomic E-state index is 0.207. The average molecular weight is 359 g/mol. The monoisotopic (exact) mass is 357 g/mol. The van der Waals surface area contributed by atoms with Gasteiger partial charge in [0.15, 0.2) is 0 Å². The van der Waals surface area contributed by atoms with Crippen molar-refractivity contribution in [2.75, 3.05) is 6.54 Å². The van der Waals surface area contributed by atoms with Crippen LogP contribution in [0.4, 0.5) is 0 Å². The van der Waals surface area contributed by atoms with Gasteiger partial charge in [0.1, 0.15) is 0 Å². The molecule has 0 bridgehead atoms. The summed E-state index contributed by atoms with van der Waals surface area (Å²) in [5.74, 6) is 0. The number of benzene rings is 1. The molecule has 0 saturated carbocycles. The quantitative estimate of drug-likeness (QED) is 0.763. The Morgan fingerprint density at radius 1 is 1.32 bits per heavy atom. The maximum absolute atomic E-state index is 6.17. The van der Waals surface area contributed by atoms with Crippen LogP contribution < -0.4 is 5.32 Å². The zero-order chi connectivity index (χ0) is 14.0. The fraction of sp³-hybridized carbons (Fsp3) is 0.333. The van der Waals surface area contributed by atoms with E-state index in [0.29, 0.717) is 0 Å². The normalized spacial score (nSPS) is 12.7. The van der Waals surface area contributed by atoms with Crippen LogP contribution in [0.1, 0.15) is 34.5 Å². The Morgan fingerprint density at radius 2 is 2.05 bits per heavy atom. The molecule has 0 saturated heterocycles. The largest absolute Gasteiger partial charge is 0.306 e. The molecule has 2 aromatic rings. The second-order valence-corrected chi connectivity index (χ2v) is 7.43. The van der Waals surface area contributed by atoms with Gasteiger partial charge in [-0.3, -0.25) is 0 Å². The Bertz CT molecular complexity index is 560. The molecule has 1 N–H and O–H groups in total. The van der Waals surface area contributed by atoms with Gasteiger partial charge in [-0.15, -0.1) is 11.3 Å². The Labute approximate surface area is 132 Å². The third-order valence-electron chi connectivity index (χ3n) is 3.10. The number of halogens is 2. The minimum Gasteiger partial charge on any atom is -0.306 e. The van der Waals surface area contributed by atoms with Crippen molar-refractivity contribution in [1.29, 1.82) is 0 Å². The molecule has 0 aliphatic heterocycles. The molecule has 0 fully saturated rings. The summed E-state index contributed by atoms with van der Waals surface area (Å²) >= 11 is 11.4. The van der Waals surface area contributed by atoms with Gasteiger partial charge in [0.25, 0.3) is 0 Å². The van der Waals surface area contributed by atoms with E-state index in [-0.39, 0.29) is 6.04 Å². The van der Waals surface area contributed by atoms with E-state index in [1.54, 1.807) is 11.3 Å². The predicted molar refractivity (Wildman–Crippen MR) is 88.5 cm³/mol. The van der Waals surface area contributed by atoms with E-state index < -0.39 is 0 Å². The van der Waals surface area contributed by atoms with Gasteiger partial charge in [0, 0.05) is 4.88 Å². The Hall–Kier alpha value is -0.350. The van der Waals surface area contributed by atoms with E-state index in [2.05, 4.69) is 60.2 Å². The van der Waals surface area contributed by atoms with Crippen molar-refractivity contribution in [3.8, 4) is 0 Å². The standard InChI is InChI=1S/C15H17BrClNS/c1-4-18-14(13-8-12(17)15(16)19-13)11-7-9(2)5-6-10(11)3/h5-8,14,18H,4H2,1-3H3. The second-order valence-electron chi connectivity index (χ2n) is 4.62. The zero-order valence-electron chi connectivity index (χ0n) is 11.3. The van der Waals surface area contributed by atoms with Crippen LogP contribution in [0.2, 0.25) is 5.02 Å². The van der Waals surface area contributed by atoms with Gasteiger partial charge in [-0.05, 0) is 53.5 Å². The van der Waals surface area contributed by atoms with E-state index in [1.807, 2.05) is 6.07 Å². The van der Waals surface area contributed by atoms with Crippen molar-refractivity contribution in [2.45, 2.75) is 26.8 Å². The summed E-state index contributed by atoms with van der Waals surface area (Å²) in [5, 5.41) is 4.34. The van der Waals surface area contributed by atoms with Crippen molar-refractivity contribution in [1.82, 2.24) is 5.32 Å². The lowest BCUT2D eigenvalue weighted by atomic mass is 9.98. The van der Waals surface area contributed by atoms with Crippen molar-refractivity contribution in [3.63, 3.8) is 0 Å². The van der Waals surface area contributed by atoms with E-state index in [1.165, 1.54) is 21.6 Å². The Kier molecular flexibility index (Phi) is 5.07. The molecule has 1 heterocycles. The van der Waals surface area contributed by atoms with Crippen molar-refractivity contribution in [2.24, 2.45) is 0 Å². The smallest absolute Gasteiger partial charge is 0.0888 e. The molecule has 102 valence electrons. The first-order valence-corrected chi connectivity index (χ1v) is 8.27. The fourth-order valence-corrected chi connectivity index (χ4v) is 3.99.